The standard InChI is InChI=1S/C30H32N2O4/c1-35-28(33)24-13-11-22(12-14-24)21-32-17-15-30(16-18-32)19-25(20-30)36-29(34)31-27-10-6-5-9-26(27)23-7-3-2-4-8-23/h2-14,25H,15-21H2,1H3,(H,31,34). The van der Waals surface area contributed by atoms with Crippen molar-refractivity contribution in [2.75, 3.05) is 25.5 Å². The van der Waals surface area contributed by atoms with Gasteiger partial charge in [-0.1, -0.05) is 60.7 Å². The highest BCUT2D eigenvalue weighted by Crippen LogP contribution is 2.50. The summed E-state index contributed by atoms with van der Waals surface area (Å²) in [5.74, 6) is -0.308. The zero-order valence-corrected chi connectivity index (χ0v) is 20.6. The second-order valence-corrected chi connectivity index (χ2v) is 9.94. The number of hydrogen-bond acceptors (Lipinski definition) is 5. The highest BCUT2D eigenvalue weighted by Gasteiger charge is 2.47. The number of piperidine rings is 1. The van der Waals surface area contributed by atoms with Gasteiger partial charge in [-0.2, -0.15) is 0 Å². The molecule has 0 unspecified atom stereocenters. The average Bonchev–Trinajstić information content (AvgIpc) is 2.90. The molecule has 0 bridgehead atoms. The molecule has 1 saturated carbocycles. The number of carbonyl (C=O) groups excluding carboxylic acids is 2. The molecule has 0 atom stereocenters. The topological polar surface area (TPSA) is 67.9 Å². The van der Waals surface area contributed by atoms with Crippen LogP contribution in [0.25, 0.3) is 11.1 Å². The number of rotatable bonds is 6. The molecule has 1 heterocycles. The van der Waals surface area contributed by atoms with Crippen molar-refractivity contribution in [2.24, 2.45) is 5.41 Å². The minimum atomic E-state index is -0.383. The molecule has 1 amide bonds. The number of para-hydroxylation sites is 1. The van der Waals surface area contributed by atoms with Crippen LogP contribution in [0, 0.1) is 5.41 Å². The molecule has 0 aromatic heterocycles. The first kappa shape index (κ1) is 24.1. The van der Waals surface area contributed by atoms with Crippen molar-refractivity contribution in [1.82, 2.24) is 4.90 Å². The van der Waals surface area contributed by atoms with Crippen molar-refractivity contribution in [3.8, 4) is 11.1 Å². The molecule has 1 saturated heterocycles. The molecule has 2 aliphatic rings. The first-order valence-corrected chi connectivity index (χ1v) is 12.6. The Morgan fingerprint density at radius 3 is 2.28 bits per heavy atom. The Morgan fingerprint density at radius 2 is 1.58 bits per heavy atom. The average molecular weight is 485 g/mol. The minimum Gasteiger partial charge on any atom is -0.465 e. The lowest BCUT2D eigenvalue weighted by molar-refractivity contribution is -0.0714. The van der Waals surface area contributed by atoms with E-state index in [1.165, 1.54) is 12.7 Å². The Balaban J connectivity index is 1.08. The molecule has 1 spiro atoms. The van der Waals surface area contributed by atoms with Crippen LogP contribution in [0.3, 0.4) is 0 Å². The normalized spacial score (nSPS) is 17.2. The first-order chi connectivity index (χ1) is 17.5. The van der Waals surface area contributed by atoms with Crippen LogP contribution in [0.2, 0.25) is 0 Å². The second kappa shape index (κ2) is 10.5. The maximum Gasteiger partial charge on any atom is 0.411 e. The number of methoxy groups -OCH3 is 1. The predicted octanol–water partition coefficient (Wildman–Crippen LogP) is 6.13. The maximum atomic E-state index is 12.6. The fourth-order valence-electron chi connectivity index (χ4n) is 5.46. The lowest BCUT2D eigenvalue weighted by Gasteiger charge is -2.51. The Bertz CT molecular complexity index is 1190. The number of benzene rings is 3. The monoisotopic (exact) mass is 484 g/mol. The highest BCUT2D eigenvalue weighted by atomic mass is 16.6. The van der Waals surface area contributed by atoms with E-state index in [1.807, 2.05) is 78.9 Å². The summed E-state index contributed by atoms with van der Waals surface area (Å²) in [6.07, 6.45) is 3.69. The quantitative estimate of drug-likeness (QED) is 0.426. The highest BCUT2D eigenvalue weighted by molar-refractivity contribution is 5.91. The molecule has 0 radical (unpaired) electrons. The number of nitrogens with zero attached hydrogens (tertiary/aromatic N) is 1. The predicted molar refractivity (Wildman–Crippen MR) is 140 cm³/mol. The van der Waals surface area contributed by atoms with Gasteiger partial charge < -0.3 is 9.47 Å². The Labute approximate surface area is 212 Å². The Hall–Kier alpha value is -3.64. The maximum absolute atomic E-state index is 12.6. The SMILES string of the molecule is COC(=O)c1ccc(CN2CCC3(CC2)CC(OC(=O)Nc2ccccc2-c2ccccc2)C3)cc1. The van der Waals surface area contributed by atoms with Crippen molar-refractivity contribution in [1.29, 1.82) is 0 Å². The summed E-state index contributed by atoms with van der Waals surface area (Å²) in [6.45, 7) is 2.94. The smallest absolute Gasteiger partial charge is 0.411 e. The molecule has 5 rings (SSSR count). The van der Waals surface area contributed by atoms with Gasteiger partial charge in [0, 0.05) is 12.1 Å². The van der Waals surface area contributed by atoms with Crippen LogP contribution < -0.4 is 5.32 Å². The van der Waals surface area contributed by atoms with E-state index in [1.54, 1.807) is 0 Å². The number of ether oxygens (including phenoxy) is 2. The minimum absolute atomic E-state index is 0.0219. The Kier molecular flexibility index (Phi) is 7.05. The van der Waals surface area contributed by atoms with E-state index >= 15 is 0 Å². The van der Waals surface area contributed by atoms with Gasteiger partial charge in [0.15, 0.2) is 0 Å². The zero-order chi connectivity index (χ0) is 25.0. The summed E-state index contributed by atoms with van der Waals surface area (Å²) in [7, 11) is 1.40. The number of anilines is 1. The van der Waals surface area contributed by atoms with Gasteiger partial charge in [0.25, 0.3) is 0 Å². The molecule has 2 fully saturated rings. The fourth-order valence-corrected chi connectivity index (χ4v) is 5.46. The van der Waals surface area contributed by atoms with E-state index in [-0.39, 0.29) is 23.6 Å². The van der Waals surface area contributed by atoms with E-state index in [4.69, 9.17) is 9.47 Å². The molecule has 3 aromatic rings. The fraction of sp³-hybridized carbons (Fsp3) is 0.333. The van der Waals surface area contributed by atoms with Gasteiger partial charge in [-0.05, 0) is 73.5 Å². The number of esters is 1. The number of amides is 1. The lowest BCUT2D eigenvalue weighted by Crippen LogP contribution is -2.50. The molecule has 1 aliphatic carbocycles. The van der Waals surface area contributed by atoms with Crippen molar-refractivity contribution >= 4 is 17.7 Å². The van der Waals surface area contributed by atoms with Crippen LogP contribution in [0.15, 0.2) is 78.9 Å². The Morgan fingerprint density at radius 1 is 0.917 bits per heavy atom. The molecule has 6 heteroatoms. The van der Waals surface area contributed by atoms with Crippen LogP contribution >= 0.6 is 0 Å². The largest absolute Gasteiger partial charge is 0.465 e. The van der Waals surface area contributed by atoms with Crippen molar-refractivity contribution in [2.45, 2.75) is 38.3 Å². The first-order valence-electron chi connectivity index (χ1n) is 12.6. The zero-order valence-electron chi connectivity index (χ0n) is 20.6. The van der Waals surface area contributed by atoms with Crippen LogP contribution in [-0.4, -0.2) is 43.3 Å². The summed E-state index contributed by atoms with van der Waals surface area (Å²) < 4.78 is 10.5. The summed E-state index contributed by atoms with van der Waals surface area (Å²) in [5, 5.41) is 2.95. The van der Waals surface area contributed by atoms with Crippen molar-refractivity contribution < 1.29 is 19.1 Å². The number of hydrogen-bond donors (Lipinski definition) is 1. The second-order valence-electron chi connectivity index (χ2n) is 9.94. The van der Waals surface area contributed by atoms with Gasteiger partial charge in [0.2, 0.25) is 0 Å². The molecular weight excluding hydrogens is 452 g/mol. The van der Waals surface area contributed by atoms with Gasteiger partial charge in [-0.25, -0.2) is 9.59 Å². The third-order valence-electron chi connectivity index (χ3n) is 7.54. The molecule has 186 valence electrons. The van der Waals surface area contributed by atoms with Crippen LogP contribution in [-0.2, 0) is 16.0 Å². The number of likely N-dealkylation sites (tertiary alicyclic amines) is 1. The molecule has 1 aliphatic heterocycles. The molecule has 36 heavy (non-hydrogen) atoms. The lowest BCUT2D eigenvalue weighted by atomic mass is 9.61. The van der Waals surface area contributed by atoms with Crippen molar-refractivity contribution in [3.05, 3.63) is 90.0 Å². The van der Waals surface area contributed by atoms with Crippen molar-refractivity contribution in [3.63, 3.8) is 0 Å². The number of carbonyl (C=O) groups is 2. The van der Waals surface area contributed by atoms with E-state index in [0.717, 1.165) is 62.1 Å². The van der Waals surface area contributed by atoms with E-state index < -0.39 is 0 Å². The van der Waals surface area contributed by atoms with Gasteiger partial charge >= 0.3 is 12.1 Å². The summed E-state index contributed by atoms with van der Waals surface area (Å²) in [5.41, 5.74) is 4.86. The van der Waals surface area contributed by atoms with Crippen LogP contribution in [0.5, 0.6) is 0 Å². The van der Waals surface area contributed by atoms with Gasteiger partial charge in [-0.3, -0.25) is 10.2 Å². The van der Waals surface area contributed by atoms with E-state index in [2.05, 4.69) is 10.2 Å². The molecule has 6 nitrogen and oxygen atoms in total. The summed E-state index contributed by atoms with van der Waals surface area (Å²) >= 11 is 0. The van der Waals surface area contributed by atoms with E-state index in [0.29, 0.717) is 5.56 Å². The van der Waals surface area contributed by atoms with Gasteiger partial charge in [0.1, 0.15) is 6.10 Å². The third kappa shape index (κ3) is 5.44. The molecule has 3 aromatic carbocycles. The van der Waals surface area contributed by atoms with E-state index in [9.17, 15) is 9.59 Å². The third-order valence-corrected chi connectivity index (χ3v) is 7.54. The summed E-state index contributed by atoms with van der Waals surface area (Å²) in [4.78, 5) is 26.7. The molecule has 1 N–H and O–H groups in total. The van der Waals surface area contributed by atoms with Crippen LogP contribution in [0.1, 0.15) is 41.6 Å². The molecular formula is C30H32N2O4. The number of nitrogens with one attached hydrogen (secondary N) is 1. The van der Waals surface area contributed by atoms with Crippen LogP contribution in [0.4, 0.5) is 10.5 Å². The summed E-state index contributed by atoms with van der Waals surface area (Å²) in [6, 6.07) is 25.5. The van der Waals surface area contributed by atoms with Gasteiger partial charge in [0.05, 0.1) is 18.4 Å². The van der Waals surface area contributed by atoms with Gasteiger partial charge in [-0.15, -0.1) is 0 Å².